The molecule has 0 aliphatic rings. The van der Waals surface area contributed by atoms with E-state index in [-0.39, 0.29) is 17.6 Å². The number of amides is 2. The Balaban J connectivity index is 1.73. The number of aryl methyl sites for hydroxylation is 1. The normalized spacial score (nSPS) is 10.7. The predicted molar refractivity (Wildman–Crippen MR) is 108 cm³/mol. The summed E-state index contributed by atoms with van der Waals surface area (Å²) in [4.78, 5) is 27.0. The Hall–Kier alpha value is -2.28. The minimum atomic E-state index is -0.362. The van der Waals surface area contributed by atoms with Gasteiger partial charge in [-0.05, 0) is 42.3 Å². The van der Waals surface area contributed by atoms with Gasteiger partial charge in [0.25, 0.3) is 11.8 Å². The lowest BCUT2D eigenvalue weighted by Crippen LogP contribution is -2.26. The van der Waals surface area contributed by atoms with Gasteiger partial charge in [0.15, 0.2) is 5.76 Å². The van der Waals surface area contributed by atoms with E-state index in [1.807, 2.05) is 13.0 Å². The van der Waals surface area contributed by atoms with Crippen molar-refractivity contribution in [3.8, 4) is 0 Å². The molecule has 0 atom stereocenters. The lowest BCUT2D eigenvalue weighted by Gasteiger charge is -2.18. The Morgan fingerprint density at radius 3 is 2.70 bits per heavy atom. The average Bonchev–Trinajstić information content (AvgIpc) is 3.28. The van der Waals surface area contributed by atoms with E-state index in [0.29, 0.717) is 26.5 Å². The van der Waals surface area contributed by atoms with Crippen molar-refractivity contribution in [3.63, 3.8) is 0 Å². The fourth-order valence-corrected chi connectivity index (χ4v) is 3.95. The number of hydrogen-bond donors (Lipinski definition) is 1. The molecule has 8 heteroatoms. The van der Waals surface area contributed by atoms with Crippen molar-refractivity contribution in [3.05, 3.63) is 74.5 Å². The summed E-state index contributed by atoms with van der Waals surface area (Å²) in [7, 11) is 1.69. The van der Waals surface area contributed by atoms with Crippen LogP contribution < -0.4 is 5.32 Å². The van der Waals surface area contributed by atoms with Crippen molar-refractivity contribution in [2.45, 2.75) is 13.5 Å². The first-order valence-electron chi connectivity index (χ1n) is 8.00. The van der Waals surface area contributed by atoms with Crippen molar-refractivity contribution in [1.82, 2.24) is 4.90 Å². The number of benzene rings is 1. The Morgan fingerprint density at radius 2 is 2.00 bits per heavy atom. The molecular formula is C19H16Cl2N2O3S. The van der Waals surface area contributed by atoms with Crippen LogP contribution in [0.4, 0.5) is 5.00 Å². The van der Waals surface area contributed by atoms with Crippen molar-refractivity contribution >= 4 is 51.4 Å². The smallest absolute Gasteiger partial charge is 0.291 e. The molecule has 0 saturated carbocycles. The SMILES string of the molecule is Cc1cc(NC(=O)c2ccco2)sc1C(=O)N(C)Cc1cccc(Cl)c1Cl. The second kappa shape index (κ2) is 8.17. The number of hydrogen-bond acceptors (Lipinski definition) is 4. The van der Waals surface area contributed by atoms with Crippen molar-refractivity contribution in [2.75, 3.05) is 12.4 Å². The molecule has 1 N–H and O–H groups in total. The number of rotatable bonds is 5. The summed E-state index contributed by atoms with van der Waals surface area (Å²) in [6.07, 6.45) is 1.43. The maximum atomic E-state index is 12.8. The Labute approximate surface area is 170 Å². The molecule has 0 radical (unpaired) electrons. The predicted octanol–water partition coefficient (Wildman–Crippen LogP) is 5.48. The zero-order valence-corrected chi connectivity index (χ0v) is 16.9. The summed E-state index contributed by atoms with van der Waals surface area (Å²) in [5.41, 5.74) is 1.55. The van der Waals surface area contributed by atoms with Gasteiger partial charge in [-0.3, -0.25) is 9.59 Å². The van der Waals surface area contributed by atoms with E-state index in [9.17, 15) is 9.59 Å². The molecule has 2 aromatic heterocycles. The van der Waals surface area contributed by atoms with Crippen LogP contribution in [-0.4, -0.2) is 23.8 Å². The van der Waals surface area contributed by atoms with Crippen LogP contribution in [0.25, 0.3) is 0 Å². The number of nitrogens with zero attached hydrogens (tertiary/aromatic N) is 1. The number of anilines is 1. The van der Waals surface area contributed by atoms with Crippen LogP contribution >= 0.6 is 34.5 Å². The van der Waals surface area contributed by atoms with Gasteiger partial charge in [-0.15, -0.1) is 11.3 Å². The topological polar surface area (TPSA) is 62.6 Å². The summed E-state index contributed by atoms with van der Waals surface area (Å²) >= 11 is 13.5. The standard InChI is InChI=1S/C19H16Cl2N2O3S/c1-11-9-15(22-18(24)14-7-4-8-26-14)27-17(11)19(25)23(2)10-12-5-3-6-13(20)16(12)21/h3-9H,10H2,1-2H3,(H,22,24). The van der Waals surface area contributed by atoms with Gasteiger partial charge in [0.05, 0.1) is 26.2 Å². The van der Waals surface area contributed by atoms with Crippen LogP contribution in [0.15, 0.2) is 47.1 Å². The van der Waals surface area contributed by atoms with Crippen molar-refractivity contribution in [1.29, 1.82) is 0 Å². The van der Waals surface area contributed by atoms with Gasteiger partial charge in [0.2, 0.25) is 0 Å². The molecular weight excluding hydrogens is 407 g/mol. The molecule has 0 saturated heterocycles. The van der Waals surface area contributed by atoms with E-state index in [1.54, 1.807) is 42.3 Å². The first-order valence-corrected chi connectivity index (χ1v) is 9.57. The zero-order valence-electron chi connectivity index (χ0n) is 14.6. The first-order chi connectivity index (χ1) is 12.9. The summed E-state index contributed by atoms with van der Waals surface area (Å²) in [5.74, 6) is -0.312. The number of thiophene rings is 1. The van der Waals surface area contributed by atoms with Gasteiger partial charge in [0.1, 0.15) is 0 Å². The van der Waals surface area contributed by atoms with Crippen LogP contribution in [0.5, 0.6) is 0 Å². The quantitative estimate of drug-likeness (QED) is 0.591. The largest absolute Gasteiger partial charge is 0.459 e. The molecule has 0 spiro atoms. The molecule has 3 rings (SSSR count). The minimum absolute atomic E-state index is 0.160. The summed E-state index contributed by atoms with van der Waals surface area (Å²) in [6, 6.07) is 10.3. The van der Waals surface area contributed by atoms with Crippen LogP contribution in [0, 0.1) is 6.92 Å². The van der Waals surface area contributed by atoms with Gasteiger partial charge >= 0.3 is 0 Å². The van der Waals surface area contributed by atoms with E-state index in [4.69, 9.17) is 27.6 Å². The van der Waals surface area contributed by atoms with E-state index < -0.39 is 0 Å². The molecule has 1 aromatic carbocycles. The lowest BCUT2D eigenvalue weighted by molar-refractivity contribution is 0.0789. The Kier molecular flexibility index (Phi) is 5.89. The highest BCUT2D eigenvalue weighted by molar-refractivity contribution is 7.18. The van der Waals surface area contributed by atoms with Gasteiger partial charge in [-0.25, -0.2) is 0 Å². The monoisotopic (exact) mass is 422 g/mol. The fourth-order valence-electron chi connectivity index (χ4n) is 2.51. The first kappa shape index (κ1) is 19.5. The summed E-state index contributed by atoms with van der Waals surface area (Å²) < 4.78 is 5.07. The second-order valence-electron chi connectivity index (χ2n) is 5.93. The highest BCUT2D eigenvalue weighted by atomic mass is 35.5. The molecule has 0 fully saturated rings. The molecule has 2 heterocycles. The molecule has 0 bridgehead atoms. The highest BCUT2D eigenvalue weighted by Crippen LogP contribution is 2.30. The third-order valence-corrected chi connectivity index (χ3v) is 5.88. The van der Waals surface area contributed by atoms with E-state index in [1.165, 1.54) is 17.6 Å². The molecule has 5 nitrogen and oxygen atoms in total. The lowest BCUT2D eigenvalue weighted by atomic mass is 10.2. The molecule has 0 aliphatic carbocycles. The van der Waals surface area contributed by atoms with Gasteiger partial charge in [-0.2, -0.15) is 0 Å². The highest BCUT2D eigenvalue weighted by Gasteiger charge is 2.20. The molecule has 3 aromatic rings. The van der Waals surface area contributed by atoms with Crippen molar-refractivity contribution < 1.29 is 14.0 Å². The van der Waals surface area contributed by atoms with Gasteiger partial charge < -0.3 is 14.6 Å². The number of nitrogens with one attached hydrogen (secondary N) is 1. The van der Waals surface area contributed by atoms with E-state index in [2.05, 4.69) is 5.32 Å². The van der Waals surface area contributed by atoms with Crippen LogP contribution in [0.1, 0.15) is 31.4 Å². The van der Waals surface area contributed by atoms with E-state index >= 15 is 0 Å². The second-order valence-corrected chi connectivity index (χ2v) is 7.77. The van der Waals surface area contributed by atoms with Gasteiger partial charge in [0, 0.05) is 13.6 Å². The molecule has 0 aliphatic heterocycles. The number of halogens is 2. The number of furan rings is 1. The number of carbonyl (C=O) groups is 2. The molecule has 140 valence electrons. The summed E-state index contributed by atoms with van der Waals surface area (Å²) in [5, 5.41) is 4.20. The minimum Gasteiger partial charge on any atom is -0.459 e. The molecule has 27 heavy (non-hydrogen) atoms. The average molecular weight is 423 g/mol. The molecule has 0 unspecified atom stereocenters. The Morgan fingerprint density at radius 1 is 1.22 bits per heavy atom. The van der Waals surface area contributed by atoms with Crippen LogP contribution in [0.3, 0.4) is 0 Å². The maximum absolute atomic E-state index is 12.8. The third-order valence-electron chi connectivity index (χ3n) is 3.88. The Bertz CT molecular complexity index is 983. The van der Waals surface area contributed by atoms with Crippen LogP contribution in [0.2, 0.25) is 10.0 Å². The third kappa shape index (κ3) is 4.35. The fraction of sp³-hybridized carbons (Fsp3) is 0.158. The van der Waals surface area contributed by atoms with Gasteiger partial charge in [-0.1, -0.05) is 35.3 Å². The molecule has 2 amide bonds. The maximum Gasteiger partial charge on any atom is 0.291 e. The zero-order chi connectivity index (χ0) is 19.6. The van der Waals surface area contributed by atoms with Crippen molar-refractivity contribution in [2.24, 2.45) is 0 Å². The number of carbonyl (C=O) groups excluding carboxylic acids is 2. The van der Waals surface area contributed by atoms with E-state index in [0.717, 1.165) is 11.1 Å². The van der Waals surface area contributed by atoms with Crippen LogP contribution in [-0.2, 0) is 6.54 Å². The summed E-state index contributed by atoms with van der Waals surface area (Å²) in [6.45, 7) is 2.15.